The summed E-state index contributed by atoms with van der Waals surface area (Å²) in [6.07, 6.45) is 1.15. The molecule has 1 aliphatic rings. The summed E-state index contributed by atoms with van der Waals surface area (Å²) in [6.45, 7) is 0.592. The topological polar surface area (TPSA) is 105 Å². The first-order valence-electron chi connectivity index (χ1n) is 8.21. The van der Waals surface area contributed by atoms with Gasteiger partial charge in [-0.25, -0.2) is 4.79 Å². The number of aromatic carboxylic acids is 1. The Kier molecular flexibility index (Phi) is 5.28. The van der Waals surface area contributed by atoms with E-state index in [1.165, 1.54) is 12.1 Å². The highest BCUT2D eigenvalue weighted by atomic mass is 16.5. The molecule has 0 bridgehead atoms. The van der Waals surface area contributed by atoms with Crippen LogP contribution in [0.5, 0.6) is 0 Å². The van der Waals surface area contributed by atoms with E-state index in [0.717, 1.165) is 6.42 Å². The van der Waals surface area contributed by atoms with Gasteiger partial charge in [-0.05, 0) is 49.2 Å². The zero-order valence-corrected chi connectivity index (χ0v) is 13.9. The number of hydrogen-bond acceptors (Lipinski definition) is 4. The van der Waals surface area contributed by atoms with Crippen molar-refractivity contribution < 1.29 is 24.2 Å². The van der Waals surface area contributed by atoms with Crippen molar-refractivity contribution >= 4 is 29.2 Å². The maximum absolute atomic E-state index is 12.3. The quantitative estimate of drug-likeness (QED) is 0.766. The van der Waals surface area contributed by atoms with Gasteiger partial charge in [0.2, 0.25) is 0 Å². The van der Waals surface area contributed by atoms with Crippen molar-refractivity contribution in [1.82, 2.24) is 0 Å². The number of carbonyl (C=O) groups excluding carboxylic acids is 2. The fraction of sp³-hybridized carbons (Fsp3) is 0.211. The summed E-state index contributed by atoms with van der Waals surface area (Å²) in [5.41, 5.74) is 1.15. The monoisotopic (exact) mass is 354 g/mol. The number of nitrogens with one attached hydrogen (secondary N) is 2. The molecule has 1 atom stereocenters. The predicted octanol–water partition coefficient (Wildman–Crippen LogP) is 2.75. The SMILES string of the molecule is O=C(Nc1ccccc1C(=O)O)c1ccc(NC(=O)[C@@H]2CCCO2)cc1. The summed E-state index contributed by atoms with van der Waals surface area (Å²) in [7, 11) is 0. The average Bonchev–Trinajstić information content (AvgIpc) is 3.17. The first-order chi connectivity index (χ1) is 12.5. The third-order valence-electron chi connectivity index (χ3n) is 4.04. The summed E-state index contributed by atoms with van der Waals surface area (Å²) < 4.78 is 5.32. The molecule has 0 aromatic heterocycles. The minimum absolute atomic E-state index is 0.0151. The predicted molar refractivity (Wildman–Crippen MR) is 95.4 cm³/mol. The summed E-state index contributed by atoms with van der Waals surface area (Å²) in [5.74, 6) is -1.75. The maximum Gasteiger partial charge on any atom is 0.337 e. The van der Waals surface area contributed by atoms with E-state index in [9.17, 15) is 14.4 Å². The van der Waals surface area contributed by atoms with Gasteiger partial charge in [-0.1, -0.05) is 12.1 Å². The number of amides is 2. The normalized spacial score (nSPS) is 16.1. The van der Waals surface area contributed by atoms with Crippen LogP contribution < -0.4 is 10.6 Å². The van der Waals surface area contributed by atoms with E-state index in [2.05, 4.69) is 10.6 Å². The molecular formula is C19H18N2O5. The molecule has 3 N–H and O–H groups in total. The Hall–Kier alpha value is -3.19. The minimum atomic E-state index is -1.12. The summed E-state index contributed by atoms with van der Waals surface area (Å²) in [6, 6.07) is 12.5. The first-order valence-corrected chi connectivity index (χ1v) is 8.21. The van der Waals surface area contributed by atoms with Gasteiger partial charge < -0.3 is 20.5 Å². The summed E-state index contributed by atoms with van der Waals surface area (Å²) in [4.78, 5) is 35.5. The Balaban J connectivity index is 1.65. The van der Waals surface area contributed by atoms with E-state index in [1.54, 1.807) is 36.4 Å². The van der Waals surface area contributed by atoms with Crippen LogP contribution in [0.4, 0.5) is 11.4 Å². The van der Waals surface area contributed by atoms with Crippen LogP contribution in [-0.4, -0.2) is 35.6 Å². The van der Waals surface area contributed by atoms with Crippen molar-refractivity contribution in [2.75, 3.05) is 17.2 Å². The zero-order chi connectivity index (χ0) is 18.5. The van der Waals surface area contributed by atoms with Crippen LogP contribution in [0.3, 0.4) is 0 Å². The average molecular weight is 354 g/mol. The van der Waals surface area contributed by atoms with Gasteiger partial charge in [0.15, 0.2) is 0 Å². The van der Waals surface area contributed by atoms with Gasteiger partial charge >= 0.3 is 5.97 Å². The van der Waals surface area contributed by atoms with Crippen molar-refractivity contribution in [2.24, 2.45) is 0 Å². The second kappa shape index (κ2) is 7.79. The second-order valence-electron chi connectivity index (χ2n) is 5.87. The van der Waals surface area contributed by atoms with Crippen LogP contribution in [0.1, 0.15) is 33.6 Å². The minimum Gasteiger partial charge on any atom is -0.478 e. The second-order valence-corrected chi connectivity index (χ2v) is 5.87. The van der Waals surface area contributed by atoms with Gasteiger partial charge in [-0.3, -0.25) is 9.59 Å². The molecule has 2 amide bonds. The van der Waals surface area contributed by atoms with E-state index < -0.39 is 18.0 Å². The number of anilines is 2. The molecule has 1 saturated heterocycles. The number of benzene rings is 2. The van der Waals surface area contributed by atoms with Crippen LogP contribution in [0.25, 0.3) is 0 Å². The zero-order valence-electron chi connectivity index (χ0n) is 13.9. The number of hydrogen-bond donors (Lipinski definition) is 3. The van der Waals surface area contributed by atoms with Crippen LogP contribution in [-0.2, 0) is 9.53 Å². The van der Waals surface area contributed by atoms with Gasteiger partial charge in [0, 0.05) is 17.9 Å². The maximum atomic E-state index is 12.3. The number of para-hydroxylation sites is 1. The van der Waals surface area contributed by atoms with Gasteiger partial charge in [0.1, 0.15) is 6.10 Å². The fourth-order valence-electron chi connectivity index (χ4n) is 2.69. The molecule has 2 aromatic rings. The summed E-state index contributed by atoms with van der Waals surface area (Å²) in [5, 5.41) is 14.5. The van der Waals surface area contributed by atoms with Crippen molar-refractivity contribution in [2.45, 2.75) is 18.9 Å². The van der Waals surface area contributed by atoms with E-state index in [0.29, 0.717) is 24.3 Å². The molecule has 3 rings (SSSR count). The molecule has 0 aliphatic carbocycles. The Morgan fingerprint density at radius 3 is 2.38 bits per heavy atom. The highest BCUT2D eigenvalue weighted by Gasteiger charge is 2.23. The standard InChI is InChI=1S/C19H18N2O5/c22-17(21-15-5-2-1-4-14(15)19(24)25)12-7-9-13(10-8-12)20-18(23)16-6-3-11-26-16/h1-2,4-5,7-10,16H,3,6,11H2,(H,20,23)(H,21,22)(H,24,25)/t16-/m0/s1. The lowest BCUT2D eigenvalue weighted by molar-refractivity contribution is -0.124. The van der Waals surface area contributed by atoms with Crippen LogP contribution in [0, 0.1) is 0 Å². The lowest BCUT2D eigenvalue weighted by Crippen LogP contribution is -2.26. The lowest BCUT2D eigenvalue weighted by Gasteiger charge is -2.11. The van der Waals surface area contributed by atoms with Crippen LogP contribution >= 0.6 is 0 Å². The van der Waals surface area contributed by atoms with E-state index >= 15 is 0 Å². The third kappa shape index (κ3) is 4.07. The number of carbonyl (C=O) groups is 3. The molecule has 1 aliphatic heterocycles. The molecule has 7 heteroatoms. The molecule has 0 unspecified atom stereocenters. The smallest absolute Gasteiger partial charge is 0.337 e. The van der Waals surface area contributed by atoms with E-state index in [1.807, 2.05) is 0 Å². The van der Waals surface area contributed by atoms with E-state index in [4.69, 9.17) is 9.84 Å². The molecule has 134 valence electrons. The molecule has 0 saturated carbocycles. The highest BCUT2D eigenvalue weighted by molar-refractivity contribution is 6.08. The molecule has 0 spiro atoms. The van der Waals surface area contributed by atoms with Gasteiger partial charge in [0.05, 0.1) is 11.3 Å². The molecule has 1 fully saturated rings. The summed E-state index contributed by atoms with van der Waals surface area (Å²) >= 11 is 0. The van der Waals surface area contributed by atoms with Crippen LogP contribution in [0.15, 0.2) is 48.5 Å². The lowest BCUT2D eigenvalue weighted by atomic mass is 10.1. The molecule has 26 heavy (non-hydrogen) atoms. The van der Waals surface area contributed by atoms with Crippen molar-refractivity contribution in [3.63, 3.8) is 0 Å². The van der Waals surface area contributed by atoms with E-state index in [-0.39, 0.29) is 17.2 Å². The van der Waals surface area contributed by atoms with Crippen molar-refractivity contribution in [1.29, 1.82) is 0 Å². The fourth-order valence-corrected chi connectivity index (χ4v) is 2.69. The number of ether oxygens (including phenoxy) is 1. The van der Waals surface area contributed by atoms with Crippen LogP contribution in [0.2, 0.25) is 0 Å². The Labute approximate surface area is 150 Å². The highest BCUT2D eigenvalue weighted by Crippen LogP contribution is 2.18. The third-order valence-corrected chi connectivity index (χ3v) is 4.04. The molecule has 1 heterocycles. The van der Waals surface area contributed by atoms with Gasteiger partial charge in [0.25, 0.3) is 11.8 Å². The Bertz CT molecular complexity index is 826. The Morgan fingerprint density at radius 1 is 1.00 bits per heavy atom. The molecule has 7 nitrogen and oxygen atoms in total. The molecule has 0 radical (unpaired) electrons. The van der Waals surface area contributed by atoms with Crippen molar-refractivity contribution in [3.05, 3.63) is 59.7 Å². The first kappa shape index (κ1) is 17.6. The Morgan fingerprint density at radius 2 is 1.73 bits per heavy atom. The van der Waals surface area contributed by atoms with Gasteiger partial charge in [-0.2, -0.15) is 0 Å². The van der Waals surface area contributed by atoms with Gasteiger partial charge in [-0.15, -0.1) is 0 Å². The largest absolute Gasteiger partial charge is 0.478 e. The number of rotatable bonds is 5. The van der Waals surface area contributed by atoms with Crippen molar-refractivity contribution in [3.8, 4) is 0 Å². The number of carboxylic acid groups (broad SMARTS) is 1. The number of carboxylic acids is 1. The molecular weight excluding hydrogens is 336 g/mol. The molecule has 2 aromatic carbocycles.